The van der Waals surface area contributed by atoms with E-state index in [1.165, 1.54) is 35.8 Å². The molecule has 0 aliphatic carbocycles. The minimum atomic E-state index is -0.970. The first kappa shape index (κ1) is 21.3. The zero-order valence-electron chi connectivity index (χ0n) is 17.6. The highest BCUT2D eigenvalue weighted by molar-refractivity contribution is 7.09. The van der Waals surface area contributed by atoms with Crippen LogP contribution in [0.25, 0.3) is 22.1 Å². The zero-order valence-corrected chi connectivity index (χ0v) is 18.4. The van der Waals surface area contributed by atoms with Gasteiger partial charge in [-0.3, -0.25) is 4.79 Å². The molecule has 1 atom stereocenters. The Morgan fingerprint density at radius 3 is 2.36 bits per heavy atom. The van der Waals surface area contributed by atoms with Gasteiger partial charge in [-0.2, -0.15) is 18.1 Å². The standard InChI is InChI=1S/C22H17F3N6OS/c1-11-19-18(14-9-16(24)27-17(25)10-14)28-20(21-26-12(2)29-33-21)31(19)8-7-30(11)22(32)13-3-5-15(23)6-4-13/h3-6,9-11H,7-8H2,1-2H3. The molecule has 1 amide bonds. The molecule has 1 aromatic carbocycles. The molecule has 0 spiro atoms. The number of benzene rings is 1. The van der Waals surface area contributed by atoms with Crippen molar-refractivity contribution in [1.82, 2.24) is 28.8 Å². The largest absolute Gasteiger partial charge is 0.329 e. The van der Waals surface area contributed by atoms with Crippen molar-refractivity contribution in [3.05, 3.63) is 71.2 Å². The number of rotatable bonds is 3. The van der Waals surface area contributed by atoms with Crippen LogP contribution in [0.5, 0.6) is 0 Å². The molecule has 0 N–H and O–H groups in total. The zero-order chi connectivity index (χ0) is 23.3. The molecule has 0 fully saturated rings. The van der Waals surface area contributed by atoms with E-state index in [4.69, 9.17) is 0 Å². The molecule has 4 heterocycles. The first-order valence-corrected chi connectivity index (χ1v) is 10.9. The average Bonchev–Trinajstić information content (AvgIpc) is 3.37. The van der Waals surface area contributed by atoms with E-state index >= 15 is 0 Å². The fraction of sp³-hybridized carbons (Fsp3) is 0.227. The molecule has 0 bridgehead atoms. The number of pyridine rings is 1. The number of imidazole rings is 1. The van der Waals surface area contributed by atoms with E-state index in [2.05, 4.69) is 19.3 Å². The third kappa shape index (κ3) is 3.78. The number of hydrogen-bond donors (Lipinski definition) is 0. The molecule has 7 nitrogen and oxygen atoms in total. The number of carbonyl (C=O) groups is 1. The van der Waals surface area contributed by atoms with Crippen molar-refractivity contribution in [2.45, 2.75) is 26.4 Å². The van der Waals surface area contributed by atoms with Crippen LogP contribution in [0.2, 0.25) is 0 Å². The predicted octanol–water partition coefficient (Wildman–Crippen LogP) is 4.41. The van der Waals surface area contributed by atoms with E-state index in [0.717, 1.165) is 12.1 Å². The Hall–Kier alpha value is -3.60. The SMILES string of the molecule is Cc1nsc(-c2nc(-c3cc(F)nc(F)c3)c3n2CCN(C(=O)c2ccc(F)cc2)C3C)n1. The number of aromatic nitrogens is 5. The van der Waals surface area contributed by atoms with Crippen LogP contribution in [0.15, 0.2) is 36.4 Å². The minimum absolute atomic E-state index is 0.208. The van der Waals surface area contributed by atoms with E-state index in [-0.39, 0.29) is 11.5 Å². The van der Waals surface area contributed by atoms with Crippen molar-refractivity contribution in [2.24, 2.45) is 0 Å². The molecule has 1 unspecified atom stereocenters. The van der Waals surface area contributed by atoms with Crippen molar-refractivity contribution >= 4 is 17.4 Å². The highest BCUT2D eigenvalue weighted by Crippen LogP contribution is 2.38. The third-order valence-electron chi connectivity index (χ3n) is 5.54. The number of amides is 1. The number of aryl methyl sites for hydroxylation is 1. The monoisotopic (exact) mass is 470 g/mol. The van der Waals surface area contributed by atoms with Crippen LogP contribution in [0.1, 0.15) is 34.8 Å². The highest BCUT2D eigenvalue weighted by atomic mass is 32.1. The lowest BCUT2D eigenvalue weighted by Crippen LogP contribution is -2.41. The number of carbonyl (C=O) groups excluding carboxylic acids is 1. The summed E-state index contributed by atoms with van der Waals surface area (Å²) in [5.74, 6) is -1.54. The van der Waals surface area contributed by atoms with Crippen LogP contribution >= 0.6 is 11.5 Å². The van der Waals surface area contributed by atoms with Gasteiger partial charge in [-0.15, -0.1) is 0 Å². The normalized spacial score (nSPS) is 15.5. The van der Waals surface area contributed by atoms with E-state index in [9.17, 15) is 18.0 Å². The molecule has 0 radical (unpaired) electrons. The molecule has 5 rings (SSSR count). The van der Waals surface area contributed by atoms with Gasteiger partial charge in [0.1, 0.15) is 11.6 Å². The summed E-state index contributed by atoms with van der Waals surface area (Å²) in [5.41, 5.74) is 1.50. The first-order valence-electron chi connectivity index (χ1n) is 10.1. The Balaban J connectivity index is 1.64. The van der Waals surface area contributed by atoms with E-state index in [1.807, 2.05) is 11.5 Å². The first-order chi connectivity index (χ1) is 15.8. The summed E-state index contributed by atoms with van der Waals surface area (Å²) in [6.07, 6.45) is 0. The molecule has 11 heteroatoms. The number of hydrogen-bond acceptors (Lipinski definition) is 6. The lowest BCUT2D eigenvalue weighted by Gasteiger charge is -2.35. The molecular weight excluding hydrogens is 453 g/mol. The Morgan fingerprint density at radius 2 is 1.73 bits per heavy atom. The Bertz CT molecular complexity index is 1350. The van der Waals surface area contributed by atoms with Crippen LogP contribution < -0.4 is 0 Å². The molecule has 0 saturated heterocycles. The molecule has 1 aliphatic rings. The molecule has 1 aliphatic heterocycles. The summed E-state index contributed by atoms with van der Waals surface area (Å²) >= 11 is 1.18. The maximum absolute atomic E-state index is 13.9. The highest BCUT2D eigenvalue weighted by Gasteiger charge is 2.35. The lowest BCUT2D eigenvalue weighted by atomic mass is 10.0. The maximum Gasteiger partial charge on any atom is 0.254 e. The van der Waals surface area contributed by atoms with Gasteiger partial charge in [0.2, 0.25) is 11.9 Å². The van der Waals surface area contributed by atoms with Crippen LogP contribution in [0.3, 0.4) is 0 Å². The van der Waals surface area contributed by atoms with E-state index in [1.54, 1.807) is 11.8 Å². The topological polar surface area (TPSA) is 76.8 Å². The van der Waals surface area contributed by atoms with Crippen LogP contribution in [0, 0.1) is 24.6 Å². The summed E-state index contributed by atoms with van der Waals surface area (Å²) in [6, 6.07) is 7.05. The van der Waals surface area contributed by atoms with Crippen molar-refractivity contribution in [2.75, 3.05) is 6.54 Å². The third-order valence-corrected chi connectivity index (χ3v) is 6.34. The van der Waals surface area contributed by atoms with Gasteiger partial charge < -0.3 is 9.47 Å². The quantitative estimate of drug-likeness (QED) is 0.415. The van der Waals surface area contributed by atoms with Crippen LogP contribution in [-0.4, -0.2) is 41.2 Å². The van der Waals surface area contributed by atoms with Gasteiger partial charge in [0.15, 0.2) is 10.8 Å². The maximum atomic E-state index is 13.9. The number of nitrogens with zero attached hydrogens (tertiary/aromatic N) is 6. The fourth-order valence-corrected chi connectivity index (χ4v) is 4.73. The predicted molar refractivity (Wildman–Crippen MR) is 115 cm³/mol. The summed E-state index contributed by atoms with van der Waals surface area (Å²) in [4.78, 5) is 27.1. The molecule has 4 aromatic rings. The van der Waals surface area contributed by atoms with Gasteiger partial charge in [-0.05, 0) is 49.6 Å². The van der Waals surface area contributed by atoms with Crippen molar-refractivity contribution in [1.29, 1.82) is 0 Å². The summed E-state index contributed by atoms with van der Waals surface area (Å²) in [7, 11) is 0. The van der Waals surface area contributed by atoms with Crippen molar-refractivity contribution < 1.29 is 18.0 Å². The lowest BCUT2D eigenvalue weighted by molar-refractivity contribution is 0.0645. The van der Waals surface area contributed by atoms with Crippen LogP contribution in [0.4, 0.5) is 13.2 Å². The summed E-state index contributed by atoms with van der Waals surface area (Å²) < 4.78 is 47.3. The second-order valence-electron chi connectivity index (χ2n) is 7.65. The van der Waals surface area contributed by atoms with Gasteiger partial charge in [0.25, 0.3) is 5.91 Å². The minimum Gasteiger partial charge on any atom is -0.329 e. The second kappa shape index (κ2) is 8.07. The van der Waals surface area contributed by atoms with Gasteiger partial charge >= 0.3 is 0 Å². The summed E-state index contributed by atoms with van der Waals surface area (Å²) in [6.45, 7) is 4.34. The van der Waals surface area contributed by atoms with Crippen molar-refractivity contribution in [3.63, 3.8) is 0 Å². The van der Waals surface area contributed by atoms with Gasteiger partial charge in [0, 0.05) is 36.3 Å². The Kier molecular flexibility index (Phi) is 5.20. The second-order valence-corrected chi connectivity index (χ2v) is 8.40. The van der Waals surface area contributed by atoms with Gasteiger partial charge in [0.05, 0.1) is 17.4 Å². The Morgan fingerprint density at radius 1 is 1.03 bits per heavy atom. The van der Waals surface area contributed by atoms with E-state index < -0.39 is 23.8 Å². The Labute approximate surface area is 190 Å². The molecule has 168 valence electrons. The smallest absolute Gasteiger partial charge is 0.254 e. The average molecular weight is 470 g/mol. The molecular formula is C22H17F3N6OS. The van der Waals surface area contributed by atoms with E-state index in [0.29, 0.717) is 46.7 Å². The molecule has 33 heavy (non-hydrogen) atoms. The van der Waals surface area contributed by atoms with Gasteiger partial charge in [-0.25, -0.2) is 14.4 Å². The fourth-order valence-electron chi connectivity index (χ4n) is 4.07. The number of fused-ring (bicyclic) bond motifs is 1. The summed E-state index contributed by atoms with van der Waals surface area (Å²) in [5, 5.41) is 0.570. The van der Waals surface area contributed by atoms with Crippen LogP contribution in [-0.2, 0) is 6.54 Å². The van der Waals surface area contributed by atoms with Crippen molar-refractivity contribution in [3.8, 4) is 22.1 Å². The molecule has 0 saturated carbocycles. The van der Waals surface area contributed by atoms with Gasteiger partial charge in [-0.1, -0.05) is 0 Å². The molecule has 3 aromatic heterocycles. The number of halogens is 3.